The van der Waals surface area contributed by atoms with E-state index in [2.05, 4.69) is 57.7 Å². The standard InChI is InChI=1S/C19H23IN2O/c1-2-19(11-6-14-22-13-5-9-17(19)22)12-10-18(23)21-16-8-4-3-7-15(16)20/h3-5,7-9,13H,2,6,10-12,14H2,1H3,(H,21,23)/t19-/m1/s1. The smallest absolute Gasteiger partial charge is 0.224 e. The largest absolute Gasteiger partial charge is 0.351 e. The van der Waals surface area contributed by atoms with E-state index in [1.165, 1.54) is 18.5 Å². The number of carbonyl (C=O) groups is 1. The molecular weight excluding hydrogens is 399 g/mol. The molecule has 0 saturated heterocycles. The molecule has 0 radical (unpaired) electrons. The van der Waals surface area contributed by atoms with Crippen LogP contribution in [0, 0.1) is 3.57 Å². The Hall–Kier alpha value is -1.30. The van der Waals surface area contributed by atoms with E-state index in [1.54, 1.807) is 0 Å². The minimum atomic E-state index is 0.116. The molecule has 1 aliphatic rings. The molecule has 3 nitrogen and oxygen atoms in total. The molecular formula is C19H23IN2O. The molecule has 4 heteroatoms. The summed E-state index contributed by atoms with van der Waals surface area (Å²) in [4.78, 5) is 12.4. The van der Waals surface area contributed by atoms with Gasteiger partial charge in [0.1, 0.15) is 0 Å². The second-order valence-electron chi connectivity index (χ2n) is 6.35. The highest BCUT2D eigenvalue weighted by atomic mass is 127. The molecule has 0 fully saturated rings. The first kappa shape index (κ1) is 16.6. The van der Waals surface area contributed by atoms with Crippen molar-refractivity contribution in [2.45, 2.75) is 51.0 Å². The molecule has 122 valence electrons. The van der Waals surface area contributed by atoms with Gasteiger partial charge in [-0.15, -0.1) is 0 Å². The number of carbonyl (C=O) groups excluding carboxylic acids is 1. The number of nitrogens with one attached hydrogen (secondary N) is 1. The fraction of sp³-hybridized carbons (Fsp3) is 0.421. The normalized spacial score (nSPS) is 20.1. The molecule has 0 bridgehead atoms. The van der Waals surface area contributed by atoms with E-state index in [-0.39, 0.29) is 11.3 Å². The van der Waals surface area contributed by atoms with Gasteiger partial charge in [0.15, 0.2) is 0 Å². The van der Waals surface area contributed by atoms with Crippen LogP contribution in [0.2, 0.25) is 0 Å². The number of nitrogens with zero attached hydrogens (tertiary/aromatic N) is 1. The second-order valence-corrected chi connectivity index (χ2v) is 7.51. The molecule has 0 spiro atoms. The molecule has 23 heavy (non-hydrogen) atoms. The van der Waals surface area contributed by atoms with Crippen LogP contribution in [0.25, 0.3) is 0 Å². The van der Waals surface area contributed by atoms with Crippen LogP contribution in [0.15, 0.2) is 42.6 Å². The minimum absolute atomic E-state index is 0.116. The lowest BCUT2D eigenvalue weighted by Crippen LogP contribution is -2.33. The summed E-state index contributed by atoms with van der Waals surface area (Å²) in [5.41, 5.74) is 2.48. The molecule has 0 saturated carbocycles. The molecule has 2 heterocycles. The van der Waals surface area contributed by atoms with Gasteiger partial charge >= 0.3 is 0 Å². The summed E-state index contributed by atoms with van der Waals surface area (Å²) < 4.78 is 3.44. The van der Waals surface area contributed by atoms with Gasteiger partial charge in [-0.2, -0.15) is 0 Å². The predicted molar refractivity (Wildman–Crippen MR) is 103 cm³/mol. The fourth-order valence-electron chi connectivity index (χ4n) is 3.72. The van der Waals surface area contributed by atoms with Crippen molar-refractivity contribution in [3.63, 3.8) is 0 Å². The van der Waals surface area contributed by atoms with E-state index in [4.69, 9.17) is 0 Å². The molecule has 1 aromatic heterocycles. The monoisotopic (exact) mass is 422 g/mol. The van der Waals surface area contributed by atoms with Crippen LogP contribution in [0.1, 0.15) is 44.7 Å². The van der Waals surface area contributed by atoms with Crippen molar-refractivity contribution >= 4 is 34.2 Å². The van der Waals surface area contributed by atoms with Gasteiger partial charge in [-0.1, -0.05) is 19.1 Å². The Morgan fingerprint density at radius 1 is 1.30 bits per heavy atom. The topological polar surface area (TPSA) is 34.0 Å². The summed E-state index contributed by atoms with van der Waals surface area (Å²) in [7, 11) is 0. The lowest BCUT2D eigenvalue weighted by Gasteiger charge is -2.38. The maximum absolute atomic E-state index is 12.4. The van der Waals surface area contributed by atoms with Crippen LogP contribution in [-0.4, -0.2) is 10.5 Å². The molecule has 1 atom stereocenters. The second kappa shape index (κ2) is 7.07. The first-order valence-electron chi connectivity index (χ1n) is 8.35. The molecule has 0 unspecified atom stereocenters. The molecule has 3 rings (SSSR count). The summed E-state index contributed by atoms with van der Waals surface area (Å²) in [6, 6.07) is 12.3. The third-order valence-electron chi connectivity index (χ3n) is 5.08. The number of rotatable bonds is 5. The maximum atomic E-state index is 12.4. The van der Waals surface area contributed by atoms with Crippen LogP contribution < -0.4 is 5.32 Å². The van der Waals surface area contributed by atoms with E-state index in [0.717, 1.165) is 28.6 Å². The first-order valence-corrected chi connectivity index (χ1v) is 9.42. The summed E-state index contributed by atoms with van der Waals surface area (Å²) >= 11 is 2.26. The molecule has 1 N–H and O–H groups in total. The number of fused-ring (bicyclic) bond motifs is 1. The zero-order valence-corrected chi connectivity index (χ0v) is 15.7. The predicted octanol–water partition coefficient (Wildman–Crippen LogP) is 4.95. The third-order valence-corrected chi connectivity index (χ3v) is 6.02. The van der Waals surface area contributed by atoms with Crippen LogP contribution in [0.4, 0.5) is 5.69 Å². The average molecular weight is 422 g/mol. The van der Waals surface area contributed by atoms with E-state index >= 15 is 0 Å². The quantitative estimate of drug-likeness (QED) is 0.680. The summed E-state index contributed by atoms with van der Waals surface area (Å²) in [5.74, 6) is 0.116. The van der Waals surface area contributed by atoms with E-state index < -0.39 is 0 Å². The van der Waals surface area contributed by atoms with Gasteiger partial charge in [-0.25, -0.2) is 0 Å². The van der Waals surface area contributed by atoms with Crippen molar-refractivity contribution in [2.75, 3.05) is 5.32 Å². The van der Waals surface area contributed by atoms with Crippen molar-refractivity contribution < 1.29 is 4.79 Å². The van der Waals surface area contributed by atoms with E-state index in [9.17, 15) is 4.79 Å². The zero-order chi connectivity index (χ0) is 16.3. The van der Waals surface area contributed by atoms with Crippen molar-refractivity contribution in [3.8, 4) is 0 Å². The Morgan fingerprint density at radius 3 is 2.91 bits per heavy atom. The summed E-state index contributed by atoms with van der Waals surface area (Å²) in [5, 5.41) is 3.06. The number of para-hydroxylation sites is 1. The molecule has 2 aromatic rings. The molecule has 1 aromatic carbocycles. The summed E-state index contributed by atoms with van der Waals surface area (Å²) in [6.07, 6.45) is 7.14. The first-order chi connectivity index (χ1) is 11.1. The molecule has 0 aliphatic carbocycles. The van der Waals surface area contributed by atoms with Crippen LogP contribution in [0.5, 0.6) is 0 Å². The molecule has 1 aliphatic heterocycles. The Bertz CT molecular complexity index is 694. The Kier molecular flexibility index (Phi) is 5.09. The minimum Gasteiger partial charge on any atom is -0.351 e. The van der Waals surface area contributed by atoms with Gasteiger partial charge in [0.2, 0.25) is 5.91 Å². The number of anilines is 1. The number of aromatic nitrogens is 1. The maximum Gasteiger partial charge on any atom is 0.224 e. The fourth-order valence-corrected chi connectivity index (χ4v) is 4.24. The van der Waals surface area contributed by atoms with Gasteiger partial charge in [-0.05, 0) is 72.5 Å². The average Bonchev–Trinajstić information content (AvgIpc) is 3.05. The van der Waals surface area contributed by atoms with Crippen molar-refractivity contribution in [2.24, 2.45) is 0 Å². The van der Waals surface area contributed by atoms with E-state index in [0.29, 0.717) is 6.42 Å². The van der Waals surface area contributed by atoms with Crippen molar-refractivity contribution in [1.29, 1.82) is 0 Å². The van der Waals surface area contributed by atoms with Crippen LogP contribution in [0.3, 0.4) is 0 Å². The Labute approximate surface area is 151 Å². The summed E-state index contributed by atoms with van der Waals surface area (Å²) in [6.45, 7) is 3.36. The Balaban J connectivity index is 1.68. The lowest BCUT2D eigenvalue weighted by atomic mass is 9.72. The number of halogens is 1. The SMILES string of the molecule is CC[C@]1(CCC(=O)Nc2ccccc2I)CCCn2cccc21. The Morgan fingerprint density at radius 2 is 2.13 bits per heavy atom. The van der Waals surface area contributed by atoms with Crippen molar-refractivity contribution in [1.82, 2.24) is 4.57 Å². The zero-order valence-electron chi connectivity index (χ0n) is 13.5. The number of hydrogen-bond donors (Lipinski definition) is 1. The highest BCUT2D eigenvalue weighted by Crippen LogP contribution is 2.41. The third kappa shape index (κ3) is 3.47. The van der Waals surface area contributed by atoms with Crippen LogP contribution >= 0.6 is 22.6 Å². The van der Waals surface area contributed by atoms with Gasteiger partial charge in [0.25, 0.3) is 0 Å². The van der Waals surface area contributed by atoms with Gasteiger partial charge in [0, 0.05) is 33.8 Å². The number of hydrogen-bond acceptors (Lipinski definition) is 1. The highest BCUT2D eigenvalue weighted by molar-refractivity contribution is 14.1. The van der Waals surface area contributed by atoms with Gasteiger partial charge in [0.05, 0.1) is 5.69 Å². The van der Waals surface area contributed by atoms with Crippen molar-refractivity contribution in [3.05, 3.63) is 51.9 Å². The number of benzene rings is 1. The van der Waals surface area contributed by atoms with Crippen LogP contribution in [-0.2, 0) is 16.8 Å². The molecule has 1 amide bonds. The number of aryl methyl sites for hydroxylation is 1. The lowest BCUT2D eigenvalue weighted by molar-refractivity contribution is -0.116. The van der Waals surface area contributed by atoms with Gasteiger partial charge < -0.3 is 9.88 Å². The highest BCUT2D eigenvalue weighted by Gasteiger charge is 2.35. The number of amides is 1. The van der Waals surface area contributed by atoms with Gasteiger partial charge in [-0.3, -0.25) is 4.79 Å². The van der Waals surface area contributed by atoms with E-state index in [1.807, 2.05) is 24.3 Å².